The van der Waals surface area contributed by atoms with Gasteiger partial charge in [-0.3, -0.25) is 9.69 Å². The van der Waals surface area contributed by atoms with Crippen molar-refractivity contribution in [3.8, 4) is 0 Å². The van der Waals surface area contributed by atoms with Crippen LogP contribution >= 0.6 is 0 Å². The van der Waals surface area contributed by atoms with Gasteiger partial charge in [-0.1, -0.05) is 0 Å². The molecule has 1 heterocycles. The molecule has 20 heavy (non-hydrogen) atoms. The topological polar surface area (TPSA) is 72.9 Å². The minimum absolute atomic E-state index is 0.0351. The summed E-state index contributed by atoms with van der Waals surface area (Å²) in [5.41, 5.74) is -0.637. The Hall–Kier alpha value is -1.59. The summed E-state index contributed by atoms with van der Waals surface area (Å²) in [6, 6.07) is -1.06. The van der Waals surface area contributed by atoms with Crippen LogP contribution in [-0.2, 0) is 19.1 Å². The predicted molar refractivity (Wildman–Crippen MR) is 70.0 cm³/mol. The number of hydrogen-bond donors (Lipinski definition) is 0. The van der Waals surface area contributed by atoms with Crippen LogP contribution in [0.4, 0.5) is 4.79 Å². The second-order valence-electron chi connectivity index (χ2n) is 6.25. The van der Waals surface area contributed by atoms with E-state index >= 15 is 0 Å². The Kier molecular flexibility index (Phi) is 3.75. The molecule has 0 N–H and O–H groups in total. The normalized spacial score (nSPS) is 28.7. The molecule has 0 aromatic heterocycles. The average Bonchev–Trinajstić information content (AvgIpc) is 2.82. The summed E-state index contributed by atoms with van der Waals surface area (Å²) in [5.74, 6) is -0.918. The van der Waals surface area contributed by atoms with Crippen LogP contribution in [0, 0.1) is 5.92 Å². The number of esters is 1. The van der Waals surface area contributed by atoms with E-state index in [0.717, 1.165) is 0 Å². The fraction of sp³-hybridized carbons (Fsp3) is 0.786. The third-order valence-corrected chi connectivity index (χ3v) is 3.58. The van der Waals surface area contributed by atoms with Crippen LogP contribution in [0.25, 0.3) is 0 Å². The van der Waals surface area contributed by atoms with Crippen LogP contribution in [0.2, 0.25) is 0 Å². The molecule has 0 radical (unpaired) electrons. The number of likely N-dealkylation sites (tertiary alicyclic amines) is 1. The van der Waals surface area contributed by atoms with E-state index in [2.05, 4.69) is 0 Å². The van der Waals surface area contributed by atoms with Crippen molar-refractivity contribution in [2.45, 2.75) is 58.2 Å². The Morgan fingerprint density at radius 3 is 2.55 bits per heavy atom. The third kappa shape index (κ3) is 2.64. The fourth-order valence-electron chi connectivity index (χ4n) is 2.91. The summed E-state index contributed by atoms with van der Waals surface area (Å²) in [6.07, 6.45) is 0.289. The molecule has 0 spiro atoms. The van der Waals surface area contributed by atoms with E-state index in [-0.39, 0.29) is 18.4 Å². The van der Waals surface area contributed by atoms with Crippen molar-refractivity contribution in [3.63, 3.8) is 0 Å². The first kappa shape index (κ1) is 14.8. The number of rotatable bonds is 2. The molecular weight excluding hydrogens is 262 g/mol. The lowest BCUT2D eigenvalue weighted by molar-refractivity contribution is -0.153. The largest absolute Gasteiger partial charge is 0.464 e. The molecule has 2 fully saturated rings. The van der Waals surface area contributed by atoms with Gasteiger partial charge in [0.25, 0.3) is 0 Å². The van der Waals surface area contributed by atoms with Gasteiger partial charge >= 0.3 is 12.1 Å². The molecule has 6 nitrogen and oxygen atoms in total. The molecule has 1 aliphatic carbocycles. The number of Topliss-reactive ketones (excluding diaryl/α,β-unsaturated/α-hetero) is 1. The highest BCUT2D eigenvalue weighted by Gasteiger charge is 2.57. The van der Waals surface area contributed by atoms with E-state index in [0.29, 0.717) is 12.8 Å². The summed E-state index contributed by atoms with van der Waals surface area (Å²) in [7, 11) is 0. The summed E-state index contributed by atoms with van der Waals surface area (Å²) in [4.78, 5) is 37.5. The maximum atomic E-state index is 12.3. The quantitative estimate of drug-likeness (QED) is 0.718. The molecule has 1 saturated heterocycles. The fourth-order valence-corrected chi connectivity index (χ4v) is 2.91. The lowest BCUT2D eigenvalue weighted by Gasteiger charge is -2.34. The Balaban J connectivity index is 2.19. The maximum absolute atomic E-state index is 12.3. The van der Waals surface area contributed by atoms with Crippen LogP contribution in [0.3, 0.4) is 0 Å². The molecular formula is C14H21NO5. The van der Waals surface area contributed by atoms with Gasteiger partial charge in [-0.05, 0) is 34.1 Å². The number of nitrogens with zero attached hydrogens (tertiary/aromatic N) is 1. The van der Waals surface area contributed by atoms with Crippen molar-refractivity contribution >= 4 is 17.8 Å². The maximum Gasteiger partial charge on any atom is 0.411 e. The summed E-state index contributed by atoms with van der Waals surface area (Å²) in [5, 5.41) is 0. The highest BCUT2D eigenvalue weighted by molar-refractivity contribution is 5.95. The van der Waals surface area contributed by atoms with Gasteiger partial charge in [-0.2, -0.15) is 0 Å². The van der Waals surface area contributed by atoms with Crippen molar-refractivity contribution < 1.29 is 23.9 Å². The number of ether oxygens (including phenoxy) is 2. The number of piperidine rings is 1. The lowest BCUT2D eigenvalue weighted by atomic mass is 9.98. The summed E-state index contributed by atoms with van der Waals surface area (Å²) >= 11 is 0. The van der Waals surface area contributed by atoms with E-state index in [1.54, 1.807) is 27.7 Å². The standard InChI is InChI=1S/C14H21NO5/c1-5-19-12(17)11-9-6-8(7-10(9)16)15(11)13(18)20-14(2,3)4/h8-9,11H,5-7H2,1-4H3/t8-,9+,11-/m1/s1. The minimum Gasteiger partial charge on any atom is -0.464 e. The van der Waals surface area contributed by atoms with Crippen LogP contribution in [0.15, 0.2) is 0 Å². The lowest BCUT2D eigenvalue weighted by Crippen LogP contribution is -2.53. The molecule has 0 aromatic carbocycles. The van der Waals surface area contributed by atoms with Crippen LogP contribution in [-0.4, -0.2) is 47.0 Å². The average molecular weight is 283 g/mol. The SMILES string of the molecule is CCOC(=O)[C@H]1[C@H]2C[C@H](CC2=O)N1C(=O)OC(C)(C)C. The molecule has 112 valence electrons. The van der Waals surface area contributed by atoms with Crippen LogP contribution in [0.5, 0.6) is 0 Å². The predicted octanol–water partition coefficient (Wildman–Crippen LogP) is 1.52. The number of amides is 1. The highest BCUT2D eigenvalue weighted by atomic mass is 16.6. The first-order chi connectivity index (χ1) is 9.24. The zero-order valence-electron chi connectivity index (χ0n) is 12.3. The summed E-state index contributed by atoms with van der Waals surface area (Å²) < 4.78 is 10.3. The molecule has 0 aromatic rings. The molecule has 0 unspecified atom stereocenters. The smallest absolute Gasteiger partial charge is 0.411 e. The van der Waals surface area contributed by atoms with Crippen molar-refractivity contribution in [3.05, 3.63) is 0 Å². The van der Waals surface area contributed by atoms with Crippen LogP contribution in [0.1, 0.15) is 40.5 Å². The van der Waals surface area contributed by atoms with Gasteiger partial charge in [0, 0.05) is 12.5 Å². The first-order valence-corrected chi connectivity index (χ1v) is 6.95. The molecule has 1 amide bonds. The van der Waals surface area contributed by atoms with E-state index < -0.39 is 29.6 Å². The van der Waals surface area contributed by atoms with Crippen molar-refractivity contribution in [1.82, 2.24) is 4.90 Å². The van der Waals surface area contributed by atoms with Gasteiger partial charge in [0.1, 0.15) is 17.4 Å². The number of ketones is 1. The van der Waals surface area contributed by atoms with E-state index in [1.807, 2.05) is 0 Å². The molecule has 2 aliphatic rings. The number of carbonyl (C=O) groups is 3. The van der Waals surface area contributed by atoms with Crippen molar-refractivity contribution in [2.75, 3.05) is 6.61 Å². The number of fused-ring (bicyclic) bond motifs is 2. The van der Waals surface area contributed by atoms with Gasteiger partial charge in [0.05, 0.1) is 12.5 Å². The molecule has 1 aliphatic heterocycles. The monoisotopic (exact) mass is 283 g/mol. The zero-order valence-corrected chi connectivity index (χ0v) is 12.3. The highest BCUT2D eigenvalue weighted by Crippen LogP contribution is 2.41. The van der Waals surface area contributed by atoms with E-state index in [1.165, 1.54) is 4.90 Å². The second kappa shape index (κ2) is 5.07. The number of hydrogen-bond acceptors (Lipinski definition) is 5. The van der Waals surface area contributed by atoms with Crippen molar-refractivity contribution in [1.29, 1.82) is 0 Å². The van der Waals surface area contributed by atoms with Gasteiger partial charge in [-0.25, -0.2) is 9.59 Å². The van der Waals surface area contributed by atoms with Gasteiger partial charge in [0.2, 0.25) is 0 Å². The Bertz CT molecular complexity index is 439. The van der Waals surface area contributed by atoms with Gasteiger partial charge in [-0.15, -0.1) is 0 Å². The molecule has 2 rings (SSSR count). The minimum atomic E-state index is -0.823. The molecule has 3 atom stereocenters. The van der Waals surface area contributed by atoms with E-state index in [9.17, 15) is 14.4 Å². The first-order valence-electron chi connectivity index (χ1n) is 6.95. The molecule has 6 heteroatoms. The Morgan fingerprint density at radius 2 is 2.00 bits per heavy atom. The third-order valence-electron chi connectivity index (χ3n) is 3.58. The van der Waals surface area contributed by atoms with E-state index in [4.69, 9.17) is 9.47 Å². The zero-order chi connectivity index (χ0) is 15.1. The van der Waals surface area contributed by atoms with Gasteiger partial charge in [0.15, 0.2) is 0 Å². The molecule has 1 saturated carbocycles. The van der Waals surface area contributed by atoms with Crippen LogP contribution < -0.4 is 0 Å². The second-order valence-corrected chi connectivity index (χ2v) is 6.25. The Labute approximate surface area is 118 Å². The van der Waals surface area contributed by atoms with Crippen molar-refractivity contribution in [2.24, 2.45) is 5.92 Å². The van der Waals surface area contributed by atoms with Gasteiger partial charge < -0.3 is 9.47 Å². The summed E-state index contributed by atoms with van der Waals surface area (Å²) in [6.45, 7) is 7.23. The number of carbonyl (C=O) groups excluding carboxylic acids is 3. The Morgan fingerprint density at radius 1 is 1.35 bits per heavy atom. The molecule has 2 bridgehead atoms.